The lowest BCUT2D eigenvalue weighted by atomic mass is 10.0. The van der Waals surface area contributed by atoms with Crippen molar-refractivity contribution in [3.8, 4) is 0 Å². The van der Waals surface area contributed by atoms with Gasteiger partial charge in [0.2, 0.25) is 0 Å². The average Bonchev–Trinajstić information content (AvgIpc) is 2.99. The third-order valence-electron chi connectivity index (χ3n) is 10.2. The first-order valence-electron chi connectivity index (χ1n) is 20.5. The topological polar surface area (TPSA) is 0 Å². The molecular weight excluding hydrogens is 523 g/mol. The van der Waals surface area contributed by atoms with E-state index in [-0.39, 0.29) is 0 Å². The van der Waals surface area contributed by atoms with Crippen LogP contribution < -0.4 is 0 Å². The highest BCUT2D eigenvalue weighted by molar-refractivity contribution is 6.08. The van der Waals surface area contributed by atoms with Crippen LogP contribution in [0.2, 0.25) is 6.04 Å². The molecule has 0 aliphatic carbocycles. The third kappa shape index (κ3) is 33.1. The summed E-state index contributed by atoms with van der Waals surface area (Å²) in [5, 5.41) is 0. The minimum Gasteiger partial charge on any atom is -0.326 e. The zero-order valence-corrected chi connectivity index (χ0v) is 32.6. The van der Waals surface area contributed by atoms with Crippen LogP contribution in [0.1, 0.15) is 226 Å². The van der Waals surface area contributed by atoms with Gasteiger partial charge in [-0.15, -0.1) is 0 Å². The van der Waals surface area contributed by atoms with Gasteiger partial charge in [0.05, 0.1) is 26.7 Å². The first kappa shape index (κ1) is 42.2. The van der Waals surface area contributed by atoms with Crippen LogP contribution in [-0.2, 0) is 0 Å². The van der Waals surface area contributed by atoms with Gasteiger partial charge in [-0.3, -0.25) is 0 Å². The van der Waals surface area contributed by atoms with E-state index in [1.165, 1.54) is 252 Å². The fourth-order valence-electron chi connectivity index (χ4n) is 6.96. The van der Waals surface area contributed by atoms with Crippen LogP contribution in [0, 0.1) is 0 Å². The average molecular weight is 609 g/mol. The van der Waals surface area contributed by atoms with Crippen LogP contribution in [0.4, 0.5) is 0 Å². The van der Waals surface area contributed by atoms with Gasteiger partial charge in [-0.05, 0) is 32.1 Å². The maximum atomic E-state index is 2.59. The van der Waals surface area contributed by atoms with E-state index in [0.29, 0.717) is 0 Å². The first-order valence-corrected chi connectivity index (χ1v) is 21.9. The zero-order valence-electron chi connectivity index (χ0n) is 30.6. The standard InChI is InChI=1S/C40H86NSi/c1-4-6-8-10-12-14-16-18-20-22-24-26-28-30-32-34-37-41(3,39-36-40-42)38-35-33-31-29-27-25-23-21-19-17-15-13-11-9-7-5-2/h4-40H2,1-3,42H3/q+1. The lowest BCUT2D eigenvalue weighted by Gasteiger charge is -2.35. The van der Waals surface area contributed by atoms with Crippen LogP contribution in [0.3, 0.4) is 0 Å². The lowest BCUT2D eigenvalue weighted by molar-refractivity contribution is -0.910. The molecule has 0 aromatic rings. The van der Waals surface area contributed by atoms with Gasteiger partial charge >= 0.3 is 0 Å². The maximum Gasteiger partial charge on any atom is 0.0784 e. The summed E-state index contributed by atoms with van der Waals surface area (Å²) in [6, 6.07) is 1.49. The quantitative estimate of drug-likeness (QED) is 0.0374. The van der Waals surface area contributed by atoms with Crippen molar-refractivity contribution in [2.45, 2.75) is 232 Å². The predicted octanol–water partition coefficient (Wildman–Crippen LogP) is 13.1. The maximum absolute atomic E-state index is 2.59. The normalized spacial score (nSPS) is 12.1. The molecule has 0 saturated carbocycles. The number of rotatable bonds is 37. The van der Waals surface area contributed by atoms with Crippen molar-refractivity contribution < 1.29 is 4.48 Å². The molecule has 0 N–H and O–H groups in total. The SMILES string of the molecule is CCCCCCCCCCCCCCCCCC[N+](C)(CCC[SiH3])CCCCCCCCCCCCCCCCCC. The molecule has 0 fully saturated rings. The summed E-state index contributed by atoms with van der Waals surface area (Å²) >= 11 is 0. The Morgan fingerprint density at radius 2 is 0.476 bits per heavy atom. The summed E-state index contributed by atoms with van der Waals surface area (Å²) in [6.45, 7) is 8.96. The van der Waals surface area contributed by atoms with E-state index in [1.807, 2.05) is 0 Å². The molecule has 42 heavy (non-hydrogen) atoms. The highest BCUT2D eigenvalue weighted by Gasteiger charge is 2.19. The van der Waals surface area contributed by atoms with Crippen LogP contribution in [0.5, 0.6) is 0 Å². The molecule has 0 spiro atoms. The summed E-state index contributed by atoms with van der Waals surface area (Å²) < 4.78 is 1.37. The Balaban J connectivity index is 3.58. The molecule has 0 bridgehead atoms. The van der Waals surface area contributed by atoms with Crippen molar-refractivity contribution in [1.82, 2.24) is 0 Å². The number of unbranched alkanes of at least 4 members (excludes halogenated alkanes) is 30. The largest absolute Gasteiger partial charge is 0.326 e. The van der Waals surface area contributed by atoms with E-state index in [2.05, 4.69) is 20.9 Å². The minimum absolute atomic E-state index is 1.37. The molecule has 0 aliphatic heterocycles. The molecule has 0 radical (unpaired) electrons. The summed E-state index contributed by atoms with van der Waals surface area (Å²) in [4.78, 5) is 0. The van der Waals surface area contributed by atoms with Gasteiger partial charge in [-0.25, -0.2) is 0 Å². The molecular formula is C40H86NSi+. The number of hydrogen-bond acceptors (Lipinski definition) is 0. The Morgan fingerprint density at radius 3 is 0.690 bits per heavy atom. The Kier molecular flexibility index (Phi) is 35.8. The van der Waals surface area contributed by atoms with E-state index >= 15 is 0 Å². The molecule has 0 aromatic heterocycles. The number of nitrogens with zero attached hydrogens (tertiary/aromatic N) is 1. The molecule has 254 valence electrons. The Labute approximate surface area is 272 Å². The molecule has 0 heterocycles. The molecule has 0 rings (SSSR count). The molecule has 2 heteroatoms. The van der Waals surface area contributed by atoms with Crippen LogP contribution in [0.25, 0.3) is 0 Å². The van der Waals surface area contributed by atoms with E-state index in [9.17, 15) is 0 Å². The van der Waals surface area contributed by atoms with E-state index in [0.717, 1.165) is 0 Å². The van der Waals surface area contributed by atoms with Crippen molar-refractivity contribution >= 4 is 10.2 Å². The summed E-state index contributed by atoms with van der Waals surface area (Å²) in [6.07, 6.45) is 48.6. The second-order valence-corrected chi connectivity index (χ2v) is 15.8. The zero-order chi connectivity index (χ0) is 30.7. The highest BCUT2D eigenvalue weighted by Crippen LogP contribution is 2.17. The summed E-state index contributed by atoms with van der Waals surface area (Å²) in [5.74, 6) is 0. The van der Waals surface area contributed by atoms with E-state index in [4.69, 9.17) is 0 Å². The predicted molar refractivity (Wildman–Crippen MR) is 199 cm³/mol. The van der Waals surface area contributed by atoms with Crippen molar-refractivity contribution in [3.05, 3.63) is 0 Å². The lowest BCUT2D eigenvalue weighted by Crippen LogP contribution is -2.46. The first-order chi connectivity index (χ1) is 20.7. The van der Waals surface area contributed by atoms with Gasteiger partial charge in [-0.1, -0.05) is 200 Å². The summed E-state index contributed by atoms with van der Waals surface area (Å²) in [5.41, 5.74) is 0. The highest BCUT2D eigenvalue weighted by atomic mass is 28.1. The van der Waals surface area contributed by atoms with Crippen molar-refractivity contribution in [3.63, 3.8) is 0 Å². The van der Waals surface area contributed by atoms with E-state index < -0.39 is 0 Å². The number of hydrogen-bond donors (Lipinski definition) is 0. The monoisotopic (exact) mass is 609 g/mol. The minimum atomic E-state index is 1.37. The Hall–Kier alpha value is 0.177. The fourth-order valence-corrected chi connectivity index (χ4v) is 7.27. The second kappa shape index (κ2) is 35.7. The Morgan fingerprint density at radius 1 is 0.286 bits per heavy atom. The van der Waals surface area contributed by atoms with Gasteiger partial charge in [-0.2, -0.15) is 0 Å². The van der Waals surface area contributed by atoms with Crippen LogP contribution >= 0.6 is 0 Å². The summed E-state index contributed by atoms with van der Waals surface area (Å²) in [7, 11) is 3.98. The van der Waals surface area contributed by atoms with Crippen LogP contribution in [-0.4, -0.2) is 41.4 Å². The fraction of sp³-hybridized carbons (Fsp3) is 1.00. The third-order valence-corrected chi connectivity index (χ3v) is 10.9. The van der Waals surface area contributed by atoms with Gasteiger partial charge in [0.25, 0.3) is 0 Å². The van der Waals surface area contributed by atoms with Crippen molar-refractivity contribution in [2.75, 3.05) is 26.7 Å². The molecule has 0 amide bonds. The molecule has 0 saturated heterocycles. The van der Waals surface area contributed by atoms with Crippen molar-refractivity contribution in [2.24, 2.45) is 0 Å². The van der Waals surface area contributed by atoms with Crippen molar-refractivity contribution in [1.29, 1.82) is 0 Å². The van der Waals surface area contributed by atoms with Gasteiger partial charge < -0.3 is 4.48 Å². The molecule has 0 atom stereocenters. The Bertz CT molecular complexity index is 442. The van der Waals surface area contributed by atoms with Gasteiger partial charge in [0.1, 0.15) is 0 Å². The smallest absolute Gasteiger partial charge is 0.0784 e. The molecule has 0 aliphatic rings. The van der Waals surface area contributed by atoms with E-state index in [1.54, 1.807) is 0 Å². The molecule has 0 aromatic carbocycles. The molecule has 1 nitrogen and oxygen atoms in total. The van der Waals surface area contributed by atoms with Gasteiger partial charge in [0, 0.05) is 10.2 Å². The second-order valence-electron chi connectivity index (χ2n) is 14.8. The number of quaternary nitrogens is 1. The van der Waals surface area contributed by atoms with Crippen LogP contribution in [0.15, 0.2) is 0 Å². The molecule has 0 unspecified atom stereocenters. The van der Waals surface area contributed by atoms with Gasteiger partial charge in [0.15, 0.2) is 0 Å².